The summed E-state index contributed by atoms with van der Waals surface area (Å²) in [5.41, 5.74) is 10.8. The first kappa shape index (κ1) is 21.2. The van der Waals surface area contributed by atoms with Crippen LogP contribution in [0.2, 0.25) is 0 Å². The third-order valence-electron chi connectivity index (χ3n) is 3.40. The van der Waals surface area contributed by atoms with E-state index in [2.05, 4.69) is 23.3 Å². The van der Waals surface area contributed by atoms with E-state index in [1.54, 1.807) is 6.92 Å². The van der Waals surface area contributed by atoms with E-state index in [0.29, 0.717) is 6.42 Å². The monoisotopic (exact) mass is 348 g/mol. The first-order chi connectivity index (χ1) is 10.6. The Hall–Kier alpha value is -1.81. The Morgan fingerprint density at radius 1 is 1.13 bits per heavy atom. The number of carbonyl (C=O) groups is 4. The molecule has 0 aromatic heterocycles. The lowest BCUT2D eigenvalue weighted by molar-refractivity contribution is -0.141. The molecule has 4 atom stereocenters. The summed E-state index contributed by atoms with van der Waals surface area (Å²) in [6.45, 7) is 3.63. The zero-order valence-electron chi connectivity index (χ0n) is 13.1. The second-order valence-electron chi connectivity index (χ2n) is 5.22. The van der Waals surface area contributed by atoms with Crippen molar-refractivity contribution >= 4 is 36.3 Å². The van der Waals surface area contributed by atoms with Crippen molar-refractivity contribution < 1.29 is 24.3 Å². The van der Waals surface area contributed by atoms with Crippen molar-refractivity contribution in [1.82, 2.24) is 10.6 Å². The van der Waals surface area contributed by atoms with Gasteiger partial charge in [-0.3, -0.25) is 14.4 Å². The van der Waals surface area contributed by atoms with Crippen LogP contribution in [0.25, 0.3) is 0 Å². The van der Waals surface area contributed by atoms with Crippen molar-refractivity contribution in [1.29, 1.82) is 0 Å². The summed E-state index contributed by atoms with van der Waals surface area (Å²) in [5, 5.41) is 13.4. The van der Waals surface area contributed by atoms with Crippen molar-refractivity contribution in [3.8, 4) is 0 Å². The molecular formula is C13H24N4O5S. The van der Waals surface area contributed by atoms with E-state index >= 15 is 0 Å². The highest BCUT2D eigenvalue weighted by Gasteiger charge is 2.29. The zero-order valence-corrected chi connectivity index (χ0v) is 14.0. The smallest absolute Gasteiger partial charge is 0.327 e. The van der Waals surface area contributed by atoms with Gasteiger partial charge >= 0.3 is 5.97 Å². The molecule has 23 heavy (non-hydrogen) atoms. The Labute approximate surface area is 139 Å². The third kappa shape index (κ3) is 7.33. The van der Waals surface area contributed by atoms with Gasteiger partial charge in [-0.25, -0.2) is 4.79 Å². The zero-order chi connectivity index (χ0) is 18.2. The molecule has 0 spiro atoms. The molecule has 7 N–H and O–H groups in total. The maximum Gasteiger partial charge on any atom is 0.327 e. The van der Waals surface area contributed by atoms with Gasteiger partial charge in [0.25, 0.3) is 0 Å². The van der Waals surface area contributed by atoms with Crippen LogP contribution >= 0.6 is 12.6 Å². The normalized spacial score (nSPS) is 15.8. The molecule has 0 heterocycles. The molecule has 4 unspecified atom stereocenters. The van der Waals surface area contributed by atoms with Gasteiger partial charge in [-0.05, 0) is 5.92 Å². The van der Waals surface area contributed by atoms with E-state index in [1.807, 2.05) is 6.92 Å². The molecule has 0 radical (unpaired) electrons. The Morgan fingerprint density at radius 2 is 1.65 bits per heavy atom. The van der Waals surface area contributed by atoms with E-state index in [9.17, 15) is 19.2 Å². The number of hydrogen-bond acceptors (Lipinski definition) is 6. The van der Waals surface area contributed by atoms with Gasteiger partial charge in [0.1, 0.15) is 12.1 Å². The molecule has 0 saturated heterocycles. The first-order valence-electron chi connectivity index (χ1n) is 7.12. The molecule has 0 rings (SSSR count). The van der Waals surface area contributed by atoms with Crippen LogP contribution in [0.15, 0.2) is 0 Å². The summed E-state index contributed by atoms with van der Waals surface area (Å²) in [7, 11) is 0. The molecule has 0 aliphatic rings. The summed E-state index contributed by atoms with van der Waals surface area (Å²) < 4.78 is 0. The van der Waals surface area contributed by atoms with E-state index < -0.39 is 48.2 Å². The van der Waals surface area contributed by atoms with Crippen molar-refractivity contribution in [2.75, 3.05) is 5.75 Å². The molecular weight excluding hydrogens is 324 g/mol. The van der Waals surface area contributed by atoms with Gasteiger partial charge in [-0.1, -0.05) is 20.3 Å². The number of amides is 3. The summed E-state index contributed by atoms with van der Waals surface area (Å²) in [6, 6.07) is -3.40. The number of carboxylic acids is 1. The minimum Gasteiger partial charge on any atom is -0.480 e. The van der Waals surface area contributed by atoms with E-state index in [0.717, 1.165) is 0 Å². The van der Waals surface area contributed by atoms with E-state index in [-0.39, 0.29) is 11.7 Å². The number of aliphatic carboxylic acids is 1. The highest BCUT2D eigenvalue weighted by atomic mass is 32.1. The number of carboxylic acid groups (broad SMARTS) is 1. The summed E-state index contributed by atoms with van der Waals surface area (Å²) in [6.07, 6.45) is 0.186. The lowest BCUT2D eigenvalue weighted by Gasteiger charge is -2.23. The van der Waals surface area contributed by atoms with Gasteiger partial charge in [0.2, 0.25) is 17.7 Å². The molecule has 3 amide bonds. The largest absolute Gasteiger partial charge is 0.480 e. The standard InChI is InChI=1S/C13H24N4O5S/c1-3-6(2)10(15)12(20)16-7(4-9(14)18)11(19)17-8(5-23)13(21)22/h6-8,10,23H,3-5,15H2,1-2H3,(H2,14,18)(H,16,20)(H,17,19)(H,21,22). The van der Waals surface area contributed by atoms with Crippen LogP contribution in [-0.2, 0) is 19.2 Å². The Kier molecular flexibility index (Phi) is 9.27. The van der Waals surface area contributed by atoms with Crippen LogP contribution in [0.1, 0.15) is 26.7 Å². The van der Waals surface area contributed by atoms with Gasteiger partial charge in [0.15, 0.2) is 0 Å². The van der Waals surface area contributed by atoms with Gasteiger partial charge < -0.3 is 27.2 Å². The van der Waals surface area contributed by atoms with Crippen molar-refractivity contribution in [2.45, 2.75) is 44.8 Å². The molecule has 0 aliphatic carbocycles. The minimum atomic E-state index is -1.29. The quantitative estimate of drug-likeness (QED) is 0.255. The third-order valence-corrected chi connectivity index (χ3v) is 3.76. The fourth-order valence-electron chi connectivity index (χ4n) is 1.65. The number of hydrogen-bond donors (Lipinski definition) is 6. The van der Waals surface area contributed by atoms with Crippen LogP contribution in [0.3, 0.4) is 0 Å². The fraction of sp³-hybridized carbons (Fsp3) is 0.692. The van der Waals surface area contributed by atoms with Gasteiger partial charge in [0.05, 0.1) is 12.5 Å². The highest BCUT2D eigenvalue weighted by Crippen LogP contribution is 2.06. The fourth-order valence-corrected chi connectivity index (χ4v) is 1.90. The lowest BCUT2D eigenvalue weighted by Crippen LogP contribution is -2.56. The van der Waals surface area contributed by atoms with Crippen molar-refractivity contribution in [3.05, 3.63) is 0 Å². The summed E-state index contributed by atoms with van der Waals surface area (Å²) in [4.78, 5) is 46.1. The molecule has 0 aliphatic heterocycles. The lowest BCUT2D eigenvalue weighted by atomic mass is 9.99. The average molecular weight is 348 g/mol. The average Bonchev–Trinajstić information content (AvgIpc) is 2.48. The maximum atomic E-state index is 12.1. The summed E-state index contributed by atoms with van der Waals surface area (Å²) >= 11 is 3.82. The number of thiol groups is 1. The van der Waals surface area contributed by atoms with E-state index in [4.69, 9.17) is 16.6 Å². The number of rotatable bonds is 10. The molecule has 0 fully saturated rings. The predicted octanol–water partition coefficient (Wildman–Crippen LogP) is -1.78. The molecule has 0 bridgehead atoms. The number of nitrogens with one attached hydrogen (secondary N) is 2. The minimum absolute atomic E-state index is 0.128. The van der Waals surface area contributed by atoms with Crippen LogP contribution in [-0.4, -0.2) is 52.7 Å². The SMILES string of the molecule is CCC(C)C(N)C(=O)NC(CC(N)=O)C(=O)NC(CS)C(=O)O. The van der Waals surface area contributed by atoms with Crippen LogP contribution in [0.4, 0.5) is 0 Å². The van der Waals surface area contributed by atoms with Gasteiger partial charge in [0, 0.05) is 5.75 Å². The number of carbonyl (C=O) groups excluding carboxylic acids is 3. The highest BCUT2D eigenvalue weighted by molar-refractivity contribution is 7.80. The van der Waals surface area contributed by atoms with Gasteiger partial charge in [-0.2, -0.15) is 12.6 Å². The Morgan fingerprint density at radius 3 is 2.04 bits per heavy atom. The molecule has 0 aromatic rings. The second-order valence-corrected chi connectivity index (χ2v) is 5.59. The topological polar surface area (TPSA) is 165 Å². The van der Waals surface area contributed by atoms with Crippen LogP contribution in [0.5, 0.6) is 0 Å². The summed E-state index contributed by atoms with van der Waals surface area (Å²) in [5.74, 6) is -3.83. The van der Waals surface area contributed by atoms with Crippen molar-refractivity contribution in [2.24, 2.45) is 17.4 Å². The number of primary amides is 1. The predicted molar refractivity (Wildman–Crippen MR) is 86.6 cm³/mol. The Balaban J connectivity index is 5.00. The molecule has 0 saturated carbocycles. The molecule has 0 aromatic carbocycles. The molecule has 132 valence electrons. The molecule has 10 heteroatoms. The van der Waals surface area contributed by atoms with Crippen LogP contribution < -0.4 is 22.1 Å². The second kappa shape index (κ2) is 10.1. The van der Waals surface area contributed by atoms with Crippen molar-refractivity contribution in [3.63, 3.8) is 0 Å². The Bertz CT molecular complexity index is 460. The van der Waals surface area contributed by atoms with E-state index in [1.165, 1.54) is 0 Å². The first-order valence-corrected chi connectivity index (χ1v) is 7.75. The number of nitrogens with two attached hydrogens (primary N) is 2. The molecule has 9 nitrogen and oxygen atoms in total. The van der Waals surface area contributed by atoms with Crippen LogP contribution in [0, 0.1) is 5.92 Å². The van der Waals surface area contributed by atoms with Gasteiger partial charge in [-0.15, -0.1) is 0 Å². The maximum absolute atomic E-state index is 12.1.